The zero-order valence-corrected chi connectivity index (χ0v) is 15.1. The summed E-state index contributed by atoms with van der Waals surface area (Å²) in [6.07, 6.45) is 6.45. The Morgan fingerprint density at radius 1 is 1.00 bits per heavy atom. The van der Waals surface area contributed by atoms with Gasteiger partial charge in [0.25, 0.3) is 0 Å². The molecule has 1 aliphatic rings. The zero-order chi connectivity index (χ0) is 16.5. The van der Waals surface area contributed by atoms with Crippen molar-refractivity contribution in [2.45, 2.75) is 13.7 Å². The van der Waals surface area contributed by atoms with E-state index < -0.39 is 7.59 Å². The molecule has 2 heterocycles. The number of halogens is 6. The van der Waals surface area contributed by atoms with Gasteiger partial charge in [-0.05, 0) is 24.3 Å². The van der Waals surface area contributed by atoms with Crippen molar-refractivity contribution < 1.29 is 4.74 Å². The van der Waals surface area contributed by atoms with Crippen LogP contribution in [0, 0.1) is 0 Å². The summed E-state index contributed by atoms with van der Waals surface area (Å²) in [5, 5.41) is 0. The van der Waals surface area contributed by atoms with Crippen molar-refractivity contribution in [1.29, 1.82) is 0 Å². The molecule has 0 saturated carbocycles. The Bertz CT molecular complexity index is 615. The van der Waals surface area contributed by atoms with Crippen molar-refractivity contribution in [1.82, 2.24) is 15.0 Å². The van der Waals surface area contributed by atoms with Gasteiger partial charge in [-0.1, -0.05) is 76.2 Å². The third-order valence-corrected chi connectivity index (χ3v) is 3.37. The van der Waals surface area contributed by atoms with E-state index in [9.17, 15) is 0 Å². The van der Waals surface area contributed by atoms with E-state index in [2.05, 4.69) is 21.5 Å². The zero-order valence-electron chi connectivity index (χ0n) is 10.6. The predicted molar refractivity (Wildman–Crippen MR) is 90.5 cm³/mol. The second kappa shape index (κ2) is 6.71. The van der Waals surface area contributed by atoms with Crippen LogP contribution in [0.15, 0.2) is 30.6 Å². The van der Waals surface area contributed by atoms with E-state index in [4.69, 9.17) is 74.3 Å². The van der Waals surface area contributed by atoms with Crippen LogP contribution in [0.5, 0.6) is 0 Å². The minimum atomic E-state index is -1.88. The molecule has 0 amide bonds. The molecule has 2 rings (SSSR count). The molecule has 10 heteroatoms. The van der Waals surface area contributed by atoms with E-state index in [0.717, 1.165) is 0 Å². The molecule has 0 radical (unpaired) electrons. The molecule has 4 nitrogen and oxygen atoms in total. The lowest BCUT2D eigenvalue weighted by molar-refractivity contribution is 0.223. The van der Waals surface area contributed by atoms with Gasteiger partial charge in [-0.3, -0.25) is 0 Å². The van der Waals surface area contributed by atoms with E-state index in [-0.39, 0.29) is 23.6 Å². The number of rotatable bonds is 2. The first-order valence-electron chi connectivity index (χ1n) is 5.68. The van der Waals surface area contributed by atoms with Gasteiger partial charge in [-0.25, -0.2) is 15.0 Å². The maximum Gasteiger partial charge on any atom is 0.250 e. The van der Waals surface area contributed by atoms with E-state index in [1.807, 2.05) is 0 Å². The van der Waals surface area contributed by atoms with Gasteiger partial charge in [-0.15, -0.1) is 0 Å². The molecule has 1 aliphatic heterocycles. The summed E-state index contributed by atoms with van der Waals surface area (Å²) < 4.78 is 1.60. The first-order chi connectivity index (χ1) is 10.1. The monoisotopic (exact) mass is 419 g/mol. The maximum absolute atomic E-state index is 5.78. The number of alkyl halides is 6. The number of hydrogen-bond donors (Lipinski definition) is 0. The van der Waals surface area contributed by atoms with Gasteiger partial charge >= 0.3 is 0 Å². The van der Waals surface area contributed by atoms with E-state index in [1.165, 1.54) is 6.08 Å². The average molecular weight is 422 g/mol. The molecule has 0 aliphatic carbocycles. The second-order valence-electron chi connectivity index (χ2n) is 4.10. The first kappa shape index (κ1) is 18.1. The van der Waals surface area contributed by atoms with Gasteiger partial charge in [0.05, 0.1) is 0 Å². The molecule has 1 aromatic rings. The quantitative estimate of drug-likeness (QED) is 0.630. The fraction of sp³-hybridized carbons (Fsp3) is 0.250. The third kappa shape index (κ3) is 4.88. The van der Waals surface area contributed by atoms with E-state index in [0.29, 0.717) is 5.76 Å². The normalized spacial score (nSPS) is 19.0. The van der Waals surface area contributed by atoms with Crippen LogP contribution in [-0.2, 0) is 12.3 Å². The lowest BCUT2D eigenvalue weighted by Gasteiger charge is -2.14. The largest absolute Gasteiger partial charge is 0.483 e. The van der Waals surface area contributed by atoms with Gasteiger partial charge in [0.2, 0.25) is 7.59 Å². The SMILES string of the molecule is C=C1C=CC(C=Cc2nc(C(Cl)(Cl)Cl)nc(C(Cl)(Cl)Cl)n2)O1. The Kier molecular flexibility index (Phi) is 5.53. The minimum Gasteiger partial charge on any atom is -0.483 e. The first-order valence-corrected chi connectivity index (χ1v) is 7.95. The van der Waals surface area contributed by atoms with Crippen LogP contribution < -0.4 is 0 Å². The fourth-order valence-corrected chi connectivity index (χ4v) is 1.97. The summed E-state index contributed by atoms with van der Waals surface area (Å²) in [7, 11) is 0. The van der Waals surface area contributed by atoms with Crippen molar-refractivity contribution in [3.8, 4) is 0 Å². The molecule has 22 heavy (non-hydrogen) atoms. The fourth-order valence-electron chi connectivity index (χ4n) is 1.46. The molecule has 118 valence electrons. The lowest BCUT2D eigenvalue weighted by Crippen LogP contribution is -2.17. The number of aromatic nitrogens is 3. The molecular formula is C12H7Cl6N3O. The van der Waals surface area contributed by atoms with Crippen LogP contribution in [0.3, 0.4) is 0 Å². The molecular weight excluding hydrogens is 415 g/mol. The highest BCUT2D eigenvalue weighted by Crippen LogP contribution is 2.39. The van der Waals surface area contributed by atoms with Crippen LogP contribution >= 0.6 is 69.6 Å². The highest BCUT2D eigenvalue weighted by atomic mass is 35.6. The molecule has 1 atom stereocenters. The van der Waals surface area contributed by atoms with Crippen molar-refractivity contribution in [2.24, 2.45) is 0 Å². The number of allylic oxidation sites excluding steroid dienone is 1. The van der Waals surface area contributed by atoms with E-state index >= 15 is 0 Å². The van der Waals surface area contributed by atoms with Gasteiger partial charge in [0.15, 0.2) is 17.5 Å². The highest BCUT2D eigenvalue weighted by molar-refractivity contribution is 6.67. The predicted octanol–water partition coefficient (Wildman–Crippen LogP) is 5.01. The summed E-state index contributed by atoms with van der Waals surface area (Å²) in [5.41, 5.74) is 0. The third-order valence-electron chi connectivity index (χ3n) is 2.35. The lowest BCUT2D eigenvalue weighted by atomic mass is 10.3. The molecule has 1 unspecified atom stereocenters. The maximum atomic E-state index is 5.78. The van der Waals surface area contributed by atoms with Gasteiger partial charge in [-0.2, -0.15) is 0 Å². The Hall–Kier alpha value is -0.230. The summed E-state index contributed by atoms with van der Waals surface area (Å²) in [6, 6.07) is 0. The Balaban J connectivity index is 2.36. The second-order valence-corrected chi connectivity index (χ2v) is 8.67. The van der Waals surface area contributed by atoms with Crippen LogP contribution in [0.25, 0.3) is 6.08 Å². The van der Waals surface area contributed by atoms with Crippen LogP contribution in [0.1, 0.15) is 17.5 Å². The van der Waals surface area contributed by atoms with Crippen molar-refractivity contribution in [3.63, 3.8) is 0 Å². The molecule has 0 saturated heterocycles. The summed E-state index contributed by atoms with van der Waals surface area (Å²) in [5.74, 6) is 0.406. The Morgan fingerprint density at radius 3 is 1.95 bits per heavy atom. The Labute approximate surface area is 156 Å². The number of hydrogen-bond acceptors (Lipinski definition) is 4. The van der Waals surface area contributed by atoms with Gasteiger partial charge in [0, 0.05) is 0 Å². The van der Waals surface area contributed by atoms with Crippen molar-refractivity contribution in [3.05, 3.63) is 48.0 Å². The summed E-state index contributed by atoms with van der Waals surface area (Å²) in [4.78, 5) is 11.9. The Morgan fingerprint density at radius 2 is 1.55 bits per heavy atom. The molecule has 0 aromatic carbocycles. The highest BCUT2D eigenvalue weighted by Gasteiger charge is 2.33. The molecule has 1 aromatic heterocycles. The molecule has 0 spiro atoms. The van der Waals surface area contributed by atoms with Crippen molar-refractivity contribution in [2.75, 3.05) is 0 Å². The van der Waals surface area contributed by atoms with E-state index in [1.54, 1.807) is 18.2 Å². The molecule has 0 N–H and O–H groups in total. The van der Waals surface area contributed by atoms with Crippen LogP contribution in [-0.4, -0.2) is 21.1 Å². The minimum absolute atomic E-state index is 0.152. The van der Waals surface area contributed by atoms with Gasteiger partial charge in [0.1, 0.15) is 11.9 Å². The summed E-state index contributed by atoms with van der Waals surface area (Å²) >= 11 is 34.7. The topological polar surface area (TPSA) is 47.9 Å². The molecule has 0 fully saturated rings. The number of nitrogens with zero attached hydrogens (tertiary/aromatic N) is 3. The molecule has 0 bridgehead atoms. The number of ether oxygens (including phenoxy) is 1. The summed E-state index contributed by atoms with van der Waals surface area (Å²) in [6.45, 7) is 3.66. The van der Waals surface area contributed by atoms with Crippen molar-refractivity contribution >= 4 is 75.7 Å². The van der Waals surface area contributed by atoms with Crippen LogP contribution in [0.2, 0.25) is 0 Å². The average Bonchev–Trinajstić information content (AvgIpc) is 2.80. The standard InChI is InChI=1S/C12H7Cl6N3O/c1-6-2-3-7(22-6)4-5-8-19-9(11(13,14)15)21-10(20-8)12(16,17)18/h2-5,7H,1H2. The van der Waals surface area contributed by atoms with Gasteiger partial charge < -0.3 is 4.74 Å². The smallest absolute Gasteiger partial charge is 0.250 e. The van der Waals surface area contributed by atoms with Crippen LogP contribution in [0.4, 0.5) is 0 Å².